The topological polar surface area (TPSA) is 67.2 Å². The van der Waals surface area contributed by atoms with E-state index in [0.717, 1.165) is 11.0 Å². The molecule has 1 aromatic carbocycles. The molecule has 1 heterocycles. The maximum atomic E-state index is 11.3. The second-order valence-electron chi connectivity index (χ2n) is 3.72. The second kappa shape index (κ2) is 3.94. The molecule has 1 amide bonds. The van der Waals surface area contributed by atoms with Gasteiger partial charge in [0.05, 0.1) is 17.4 Å². The van der Waals surface area contributed by atoms with Crippen molar-refractivity contribution >= 4 is 22.6 Å². The van der Waals surface area contributed by atoms with E-state index in [0.29, 0.717) is 5.69 Å². The fourth-order valence-corrected chi connectivity index (χ4v) is 1.46. The van der Waals surface area contributed by atoms with Crippen LogP contribution in [0, 0.1) is 0 Å². The van der Waals surface area contributed by atoms with Gasteiger partial charge >= 0.3 is 0 Å². The van der Waals surface area contributed by atoms with E-state index in [1.165, 1.54) is 6.92 Å². The molecule has 2 rings (SSSR count). The van der Waals surface area contributed by atoms with Crippen molar-refractivity contribution < 1.29 is 9.90 Å². The van der Waals surface area contributed by atoms with Crippen LogP contribution in [0.5, 0.6) is 0 Å². The summed E-state index contributed by atoms with van der Waals surface area (Å²) in [4.78, 5) is 15.4. The number of anilines is 1. The Morgan fingerprint density at radius 3 is 3.00 bits per heavy atom. The number of rotatable bonds is 2. The van der Waals surface area contributed by atoms with Gasteiger partial charge in [-0.1, -0.05) is 0 Å². The van der Waals surface area contributed by atoms with Crippen LogP contribution in [0.15, 0.2) is 24.5 Å². The molecule has 1 aromatic heterocycles. The minimum atomic E-state index is -1.01. The summed E-state index contributed by atoms with van der Waals surface area (Å²) in [5.41, 5.74) is 2.44. The first-order valence-corrected chi connectivity index (χ1v) is 4.98. The highest BCUT2D eigenvalue weighted by atomic mass is 16.3. The van der Waals surface area contributed by atoms with E-state index in [9.17, 15) is 4.79 Å². The molecule has 2 aromatic rings. The Morgan fingerprint density at radius 2 is 2.31 bits per heavy atom. The number of hydrogen-bond donors (Lipinski definition) is 2. The normalized spacial score (nSPS) is 12.7. The molecule has 0 bridgehead atoms. The highest BCUT2D eigenvalue weighted by Gasteiger charge is 2.09. The van der Waals surface area contributed by atoms with Crippen molar-refractivity contribution in [3.05, 3.63) is 24.5 Å². The summed E-state index contributed by atoms with van der Waals surface area (Å²) < 4.78 is 1.90. The molecule has 0 saturated carbocycles. The second-order valence-corrected chi connectivity index (χ2v) is 3.72. The smallest absolute Gasteiger partial charge is 0.252 e. The minimum absolute atomic E-state index is 0.421. The Balaban J connectivity index is 2.30. The van der Waals surface area contributed by atoms with Crippen LogP contribution in [0.4, 0.5) is 5.69 Å². The Labute approximate surface area is 92.7 Å². The average Bonchev–Trinajstić information content (AvgIpc) is 2.60. The minimum Gasteiger partial charge on any atom is -0.384 e. The molecule has 0 aliphatic heterocycles. The van der Waals surface area contributed by atoms with Crippen LogP contribution in [0.3, 0.4) is 0 Å². The van der Waals surface area contributed by atoms with Crippen molar-refractivity contribution in [3.8, 4) is 0 Å². The van der Waals surface area contributed by atoms with Crippen LogP contribution < -0.4 is 5.32 Å². The fraction of sp³-hybridized carbons (Fsp3) is 0.273. The third-order valence-electron chi connectivity index (χ3n) is 2.37. The monoisotopic (exact) mass is 219 g/mol. The molecule has 0 fully saturated rings. The van der Waals surface area contributed by atoms with Gasteiger partial charge in [-0.25, -0.2) is 4.98 Å². The van der Waals surface area contributed by atoms with Gasteiger partial charge in [-0.3, -0.25) is 4.79 Å². The van der Waals surface area contributed by atoms with E-state index in [1.807, 2.05) is 17.7 Å². The predicted octanol–water partition coefficient (Wildman–Crippen LogP) is 0.893. The van der Waals surface area contributed by atoms with E-state index in [-0.39, 0.29) is 0 Å². The lowest BCUT2D eigenvalue weighted by Gasteiger charge is -2.06. The van der Waals surface area contributed by atoms with Gasteiger partial charge in [-0.15, -0.1) is 0 Å². The van der Waals surface area contributed by atoms with Crippen molar-refractivity contribution in [1.29, 1.82) is 0 Å². The van der Waals surface area contributed by atoms with Gasteiger partial charge < -0.3 is 15.0 Å². The lowest BCUT2D eigenvalue weighted by Crippen LogP contribution is -2.24. The van der Waals surface area contributed by atoms with Crippen molar-refractivity contribution in [2.45, 2.75) is 13.0 Å². The Morgan fingerprint density at radius 1 is 1.56 bits per heavy atom. The van der Waals surface area contributed by atoms with E-state index >= 15 is 0 Å². The number of aromatic nitrogens is 2. The first-order chi connectivity index (χ1) is 7.58. The first kappa shape index (κ1) is 10.6. The van der Waals surface area contributed by atoms with Crippen LogP contribution in [0.1, 0.15) is 6.92 Å². The molecule has 1 unspecified atom stereocenters. The third-order valence-corrected chi connectivity index (χ3v) is 2.37. The number of imidazole rings is 1. The van der Waals surface area contributed by atoms with Gasteiger partial charge in [0.25, 0.3) is 5.91 Å². The van der Waals surface area contributed by atoms with Gasteiger partial charge in [0.1, 0.15) is 6.10 Å². The number of nitrogens with one attached hydrogen (secondary N) is 1. The molecule has 5 nitrogen and oxygen atoms in total. The molecular formula is C11H13N3O2. The van der Waals surface area contributed by atoms with Crippen molar-refractivity contribution in [3.63, 3.8) is 0 Å². The quantitative estimate of drug-likeness (QED) is 0.788. The number of aryl methyl sites for hydroxylation is 1. The highest BCUT2D eigenvalue weighted by molar-refractivity contribution is 5.95. The van der Waals surface area contributed by atoms with Crippen LogP contribution in [0.2, 0.25) is 0 Å². The number of fused-ring (bicyclic) bond motifs is 1. The fourth-order valence-electron chi connectivity index (χ4n) is 1.46. The lowest BCUT2D eigenvalue weighted by atomic mass is 10.2. The average molecular weight is 219 g/mol. The number of benzene rings is 1. The van der Waals surface area contributed by atoms with E-state index < -0.39 is 12.0 Å². The Bertz CT molecular complexity index is 531. The summed E-state index contributed by atoms with van der Waals surface area (Å²) in [7, 11) is 1.91. The molecule has 2 N–H and O–H groups in total. The number of carbonyl (C=O) groups excluding carboxylic acids is 1. The highest BCUT2D eigenvalue weighted by Crippen LogP contribution is 2.17. The van der Waals surface area contributed by atoms with Crippen LogP contribution in [-0.2, 0) is 11.8 Å². The number of carbonyl (C=O) groups is 1. The maximum Gasteiger partial charge on any atom is 0.252 e. The SMILES string of the molecule is CC(O)C(=O)Nc1ccc2c(c1)ncn2C. The van der Waals surface area contributed by atoms with Gasteiger partial charge in [-0.05, 0) is 25.1 Å². The summed E-state index contributed by atoms with van der Waals surface area (Å²) in [6, 6.07) is 5.43. The van der Waals surface area contributed by atoms with Crippen molar-refractivity contribution in [1.82, 2.24) is 9.55 Å². The summed E-state index contributed by atoms with van der Waals surface area (Å²) >= 11 is 0. The molecule has 1 atom stereocenters. The summed E-state index contributed by atoms with van der Waals surface area (Å²) in [5, 5.41) is 11.7. The summed E-state index contributed by atoms with van der Waals surface area (Å²) in [6.45, 7) is 1.43. The largest absolute Gasteiger partial charge is 0.384 e. The summed E-state index contributed by atoms with van der Waals surface area (Å²) in [6.07, 6.45) is 0.699. The molecule has 0 spiro atoms. The molecule has 0 radical (unpaired) electrons. The van der Waals surface area contributed by atoms with E-state index in [4.69, 9.17) is 5.11 Å². The standard InChI is InChI=1S/C11H13N3O2/c1-7(15)11(16)13-8-3-4-10-9(5-8)12-6-14(10)2/h3-7,15H,1-2H3,(H,13,16). The third kappa shape index (κ3) is 1.90. The van der Waals surface area contributed by atoms with Crippen LogP contribution in [-0.4, -0.2) is 26.7 Å². The van der Waals surface area contributed by atoms with Gasteiger partial charge in [0.2, 0.25) is 0 Å². The molecule has 0 saturated heterocycles. The molecular weight excluding hydrogens is 206 g/mol. The zero-order chi connectivity index (χ0) is 11.7. The van der Waals surface area contributed by atoms with Crippen LogP contribution in [0.25, 0.3) is 11.0 Å². The van der Waals surface area contributed by atoms with Gasteiger partial charge in [-0.2, -0.15) is 0 Å². The molecule has 0 aliphatic carbocycles. The Kier molecular flexibility index (Phi) is 2.62. The molecule has 84 valence electrons. The Hall–Kier alpha value is -1.88. The number of nitrogens with zero attached hydrogens (tertiary/aromatic N) is 2. The zero-order valence-corrected chi connectivity index (χ0v) is 9.14. The van der Waals surface area contributed by atoms with E-state index in [2.05, 4.69) is 10.3 Å². The maximum absolute atomic E-state index is 11.3. The summed E-state index contributed by atoms with van der Waals surface area (Å²) in [5.74, 6) is -0.421. The number of aliphatic hydroxyl groups is 1. The van der Waals surface area contributed by atoms with Crippen molar-refractivity contribution in [2.24, 2.45) is 7.05 Å². The van der Waals surface area contributed by atoms with Gasteiger partial charge in [0, 0.05) is 12.7 Å². The predicted molar refractivity (Wildman–Crippen MR) is 61.0 cm³/mol. The van der Waals surface area contributed by atoms with Crippen LogP contribution >= 0.6 is 0 Å². The number of hydrogen-bond acceptors (Lipinski definition) is 3. The number of amides is 1. The van der Waals surface area contributed by atoms with E-state index in [1.54, 1.807) is 18.5 Å². The molecule has 0 aliphatic rings. The lowest BCUT2D eigenvalue weighted by molar-refractivity contribution is -0.123. The first-order valence-electron chi connectivity index (χ1n) is 4.98. The van der Waals surface area contributed by atoms with Crippen molar-refractivity contribution in [2.75, 3.05) is 5.32 Å². The molecule has 16 heavy (non-hydrogen) atoms. The number of aliphatic hydroxyl groups excluding tert-OH is 1. The zero-order valence-electron chi connectivity index (χ0n) is 9.14. The van der Waals surface area contributed by atoms with Gasteiger partial charge in [0.15, 0.2) is 0 Å². The molecule has 5 heteroatoms.